The van der Waals surface area contributed by atoms with E-state index < -0.39 is 11.9 Å². The van der Waals surface area contributed by atoms with Crippen LogP contribution in [-0.4, -0.2) is 15.5 Å². The molecule has 1 aromatic carbocycles. The molecule has 1 amide bonds. The molecule has 0 aliphatic heterocycles. The van der Waals surface area contributed by atoms with Gasteiger partial charge in [-0.2, -0.15) is 0 Å². The molecule has 1 atom stereocenters. The van der Waals surface area contributed by atoms with E-state index in [2.05, 4.69) is 17.2 Å². The summed E-state index contributed by atoms with van der Waals surface area (Å²) in [5.41, 5.74) is 6.99. The highest BCUT2D eigenvalue weighted by Gasteiger charge is 2.21. The van der Waals surface area contributed by atoms with Gasteiger partial charge in [0.15, 0.2) is 0 Å². The van der Waals surface area contributed by atoms with Gasteiger partial charge in [-0.25, -0.2) is 4.98 Å². The Morgan fingerprint density at radius 3 is 3.00 bits per heavy atom. The first-order valence-electron chi connectivity index (χ1n) is 6.43. The molecule has 1 unspecified atom stereocenters. The van der Waals surface area contributed by atoms with E-state index in [-0.39, 0.29) is 0 Å². The molecule has 0 saturated heterocycles. The molecule has 2 rings (SSSR count). The van der Waals surface area contributed by atoms with Gasteiger partial charge in [-0.1, -0.05) is 24.6 Å². The number of aryl methyl sites for hydroxylation is 1. The van der Waals surface area contributed by atoms with Crippen LogP contribution in [0, 0.1) is 0 Å². The summed E-state index contributed by atoms with van der Waals surface area (Å²) in [6, 6.07) is 6.53. The lowest BCUT2D eigenvalue weighted by molar-refractivity contribution is -0.119. The van der Waals surface area contributed by atoms with Gasteiger partial charge in [-0.05, 0) is 24.6 Å². The zero-order valence-corrected chi connectivity index (χ0v) is 12.0. The lowest BCUT2D eigenvalue weighted by Gasteiger charge is -2.18. The molecule has 106 valence electrons. The number of aromatic nitrogens is 2. The fraction of sp³-hybridized carbons (Fsp3) is 0.286. The Morgan fingerprint density at radius 2 is 2.35 bits per heavy atom. The van der Waals surface area contributed by atoms with Crippen LogP contribution in [0.1, 0.15) is 25.1 Å². The number of halogens is 1. The van der Waals surface area contributed by atoms with E-state index in [1.54, 1.807) is 24.7 Å². The standard InChI is InChI=1S/C14H17ClN4O/c1-2-6-19-9-17-8-12(19)13(14(16)20)18-11-5-3-4-10(15)7-11/h3-5,7-9,13,18H,2,6H2,1H3,(H2,16,20). The van der Waals surface area contributed by atoms with E-state index in [1.165, 1.54) is 0 Å². The van der Waals surface area contributed by atoms with E-state index in [0.717, 1.165) is 24.3 Å². The van der Waals surface area contributed by atoms with E-state index in [0.29, 0.717) is 5.02 Å². The number of amides is 1. The highest BCUT2D eigenvalue weighted by atomic mass is 35.5. The maximum atomic E-state index is 11.7. The fourth-order valence-electron chi connectivity index (χ4n) is 2.03. The number of benzene rings is 1. The van der Waals surface area contributed by atoms with Gasteiger partial charge in [0.05, 0.1) is 18.2 Å². The normalized spacial score (nSPS) is 12.1. The van der Waals surface area contributed by atoms with Crippen LogP contribution < -0.4 is 11.1 Å². The highest BCUT2D eigenvalue weighted by molar-refractivity contribution is 6.30. The van der Waals surface area contributed by atoms with Crippen molar-refractivity contribution in [3.05, 3.63) is 47.5 Å². The van der Waals surface area contributed by atoms with Gasteiger partial charge in [0.25, 0.3) is 0 Å². The van der Waals surface area contributed by atoms with Crippen LogP contribution in [0.4, 0.5) is 5.69 Å². The molecule has 3 N–H and O–H groups in total. The average Bonchev–Trinajstić information content (AvgIpc) is 2.84. The number of primary amides is 1. The number of hydrogen-bond donors (Lipinski definition) is 2. The van der Waals surface area contributed by atoms with Gasteiger partial charge in [0.2, 0.25) is 5.91 Å². The first kappa shape index (κ1) is 14.4. The molecule has 0 spiro atoms. The molecule has 0 aliphatic rings. The van der Waals surface area contributed by atoms with Crippen molar-refractivity contribution in [3.63, 3.8) is 0 Å². The van der Waals surface area contributed by atoms with Gasteiger partial charge in [0.1, 0.15) is 6.04 Å². The number of nitrogens with zero attached hydrogens (tertiary/aromatic N) is 2. The average molecular weight is 293 g/mol. The molecule has 6 heteroatoms. The minimum Gasteiger partial charge on any atom is -0.369 e. The van der Waals surface area contributed by atoms with E-state index in [9.17, 15) is 4.79 Å². The zero-order valence-electron chi connectivity index (χ0n) is 11.2. The van der Waals surface area contributed by atoms with Crippen molar-refractivity contribution in [2.24, 2.45) is 5.73 Å². The van der Waals surface area contributed by atoms with E-state index >= 15 is 0 Å². The van der Waals surface area contributed by atoms with E-state index in [4.69, 9.17) is 17.3 Å². The van der Waals surface area contributed by atoms with Crippen molar-refractivity contribution in [3.8, 4) is 0 Å². The molecule has 0 saturated carbocycles. The van der Waals surface area contributed by atoms with E-state index in [1.807, 2.05) is 16.7 Å². The number of carbonyl (C=O) groups excluding carboxylic acids is 1. The Morgan fingerprint density at radius 1 is 1.55 bits per heavy atom. The van der Waals surface area contributed by atoms with Gasteiger partial charge in [-0.3, -0.25) is 4.79 Å². The number of nitrogens with two attached hydrogens (primary N) is 1. The second kappa shape index (κ2) is 6.43. The predicted molar refractivity (Wildman–Crippen MR) is 79.5 cm³/mol. The third kappa shape index (κ3) is 3.30. The number of carbonyl (C=O) groups is 1. The Balaban J connectivity index is 2.27. The topological polar surface area (TPSA) is 72.9 Å². The fourth-order valence-corrected chi connectivity index (χ4v) is 2.23. The lowest BCUT2D eigenvalue weighted by atomic mass is 10.2. The number of rotatable bonds is 6. The van der Waals surface area contributed by atoms with Crippen LogP contribution in [0.2, 0.25) is 5.02 Å². The summed E-state index contributed by atoms with van der Waals surface area (Å²) < 4.78 is 1.92. The molecule has 0 bridgehead atoms. The first-order valence-corrected chi connectivity index (χ1v) is 6.81. The Bertz CT molecular complexity index is 596. The first-order chi connectivity index (χ1) is 9.61. The van der Waals surface area contributed by atoms with Crippen LogP contribution in [0.3, 0.4) is 0 Å². The maximum Gasteiger partial charge on any atom is 0.246 e. The second-order valence-electron chi connectivity index (χ2n) is 4.50. The van der Waals surface area contributed by atoms with Gasteiger partial charge < -0.3 is 15.6 Å². The molecule has 0 fully saturated rings. The molecule has 20 heavy (non-hydrogen) atoms. The molecule has 0 radical (unpaired) electrons. The largest absolute Gasteiger partial charge is 0.369 e. The molecule has 1 heterocycles. The monoisotopic (exact) mass is 292 g/mol. The van der Waals surface area contributed by atoms with Crippen LogP contribution in [0.5, 0.6) is 0 Å². The summed E-state index contributed by atoms with van der Waals surface area (Å²) >= 11 is 5.94. The SMILES string of the molecule is CCCn1cncc1C(Nc1cccc(Cl)c1)C(N)=O. The predicted octanol–water partition coefficient (Wildman–Crippen LogP) is 2.58. The van der Waals surface area contributed by atoms with Crippen molar-refractivity contribution in [1.29, 1.82) is 0 Å². The number of anilines is 1. The minimum atomic E-state index is -0.637. The summed E-state index contributed by atoms with van der Waals surface area (Å²) in [7, 11) is 0. The quantitative estimate of drug-likeness (QED) is 0.859. The van der Waals surface area contributed by atoms with Gasteiger partial charge in [0, 0.05) is 17.3 Å². The van der Waals surface area contributed by atoms with Crippen LogP contribution in [0.15, 0.2) is 36.8 Å². The Kier molecular flexibility index (Phi) is 4.63. The molecule has 2 aromatic rings. The van der Waals surface area contributed by atoms with Crippen LogP contribution in [-0.2, 0) is 11.3 Å². The van der Waals surface area contributed by atoms with Crippen LogP contribution in [0.25, 0.3) is 0 Å². The third-order valence-electron chi connectivity index (χ3n) is 2.92. The lowest BCUT2D eigenvalue weighted by Crippen LogP contribution is -2.29. The molecule has 1 aromatic heterocycles. The third-order valence-corrected chi connectivity index (χ3v) is 3.16. The minimum absolute atomic E-state index is 0.456. The number of hydrogen-bond acceptors (Lipinski definition) is 3. The van der Waals surface area contributed by atoms with Crippen molar-refractivity contribution in [2.45, 2.75) is 25.9 Å². The summed E-state index contributed by atoms with van der Waals surface area (Å²) in [6.45, 7) is 2.85. The summed E-state index contributed by atoms with van der Waals surface area (Å²) in [5.74, 6) is -0.456. The van der Waals surface area contributed by atoms with Crippen molar-refractivity contribution in [2.75, 3.05) is 5.32 Å². The Labute approximate surface area is 122 Å². The summed E-state index contributed by atoms with van der Waals surface area (Å²) in [4.78, 5) is 15.8. The Hall–Kier alpha value is -2.01. The summed E-state index contributed by atoms with van der Waals surface area (Å²) in [6.07, 6.45) is 4.31. The number of imidazole rings is 1. The van der Waals surface area contributed by atoms with Crippen molar-refractivity contribution in [1.82, 2.24) is 9.55 Å². The van der Waals surface area contributed by atoms with Crippen LogP contribution >= 0.6 is 11.6 Å². The molecular formula is C14H17ClN4O. The second-order valence-corrected chi connectivity index (χ2v) is 4.94. The number of nitrogens with one attached hydrogen (secondary N) is 1. The highest BCUT2D eigenvalue weighted by Crippen LogP contribution is 2.22. The molecule has 5 nitrogen and oxygen atoms in total. The molecule has 0 aliphatic carbocycles. The molecular weight excluding hydrogens is 276 g/mol. The zero-order chi connectivity index (χ0) is 14.5. The van der Waals surface area contributed by atoms with Crippen molar-refractivity contribution < 1.29 is 4.79 Å². The maximum absolute atomic E-state index is 11.7. The smallest absolute Gasteiger partial charge is 0.246 e. The van der Waals surface area contributed by atoms with Gasteiger partial charge in [-0.15, -0.1) is 0 Å². The van der Waals surface area contributed by atoms with Gasteiger partial charge >= 0.3 is 0 Å². The van der Waals surface area contributed by atoms with Crippen molar-refractivity contribution >= 4 is 23.2 Å². The summed E-state index contributed by atoms with van der Waals surface area (Å²) in [5, 5.41) is 3.70.